The van der Waals surface area contributed by atoms with E-state index in [1.165, 1.54) is 0 Å². The molecular weight excluding hydrogens is 152 g/mol. The summed E-state index contributed by atoms with van der Waals surface area (Å²) in [6.45, 7) is 1.83. The van der Waals surface area contributed by atoms with Crippen molar-refractivity contribution in [2.75, 3.05) is 23.7 Å². The topological polar surface area (TPSA) is 55.0 Å². The molecule has 0 aromatic carbocycles. The summed E-state index contributed by atoms with van der Waals surface area (Å²) >= 11 is 0. The zero-order valence-electron chi connectivity index (χ0n) is 6.64. The third-order valence-corrected chi connectivity index (χ3v) is 1.81. The van der Waals surface area contributed by atoms with Gasteiger partial charge in [-0.3, -0.25) is 0 Å². The van der Waals surface area contributed by atoms with Gasteiger partial charge in [0.2, 0.25) is 0 Å². The van der Waals surface area contributed by atoms with Crippen molar-refractivity contribution in [3.05, 3.63) is 24.3 Å². The molecule has 0 radical (unpaired) electrons. The second-order valence-corrected chi connectivity index (χ2v) is 2.69. The van der Waals surface area contributed by atoms with Gasteiger partial charge < -0.3 is 10.6 Å². The van der Waals surface area contributed by atoms with Crippen LogP contribution in [0.2, 0.25) is 0 Å². The number of hydrogen-bond acceptors (Lipinski definition) is 4. The molecule has 12 heavy (non-hydrogen) atoms. The second kappa shape index (κ2) is 2.81. The van der Waals surface area contributed by atoms with Crippen molar-refractivity contribution in [1.82, 2.24) is 10.2 Å². The molecule has 1 aliphatic heterocycles. The van der Waals surface area contributed by atoms with E-state index in [1.54, 1.807) is 6.07 Å². The lowest BCUT2D eigenvalue weighted by Crippen LogP contribution is -2.20. The summed E-state index contributed by atoms with van der Waals surface area (Å²) in [6, 6.07) is 3.65. The molecule has 0 spiro atoms. The Labute approximate surface area is 70.7 Å². The number of nitrogen functional groups attached to an aromatic ring is 1. The fourth-order valence-electron chi connectivity index (χ4n) is 1.17. The highest BCUT2D eigenvalue weighted by atomic mass is 15.3. The zero-order chi connectivity index (χ0) is 8.39. The second-order valence-electron chi connectivity index (χ2n) is 2.69. The summed E-state index contributed by atoms with van der Waals surface area (Å²) < 4.78 is 0. The SMILES string of the molecule is Nc1ccc(N2CC=CC2)nn1. The van der Waals surface area contributed by atoms with Crippen molar-refractivity contribution in [3.63, 3.8) is 0 Å². The molecule has 0 bridgehead atoms. The molecule has 0 saturated carbocycles. The molecule has 0 saturated heterocycles. The summed E-state index contributed by atoms with van der Waals surface area (Å²) in [5.41, 5.74) is 5.42. The summed E-state index contributed by atoms with van der Waals surface area (Å²) in [7, 11) is 0. The van der Waals surface area contributed by atoms with E-state index in [9.17, 15) is 0 Å². The van der Waals surface area contributed by atoms with Crippen molar-refractivity contribution in [3.8, 4) is 0 Å². The average molecular weight is 162 g/mol. The van der Waals surface area contributed by atoms with Crippen LogP contribution >= 0.6 is 0 Å². The first-order chi connectivity index (χ1) is 5.86. The zero-order valence-corrected chi connectivity index (χ0v) is 6.64. The number of nitrogens with zero attached hydrogens (tertiary/aromatic N) is 3. The molecule has 1 aliphatic rings. The van der Waals surface area contributed by atoms with E-state index < -0.39 is 0 Å². The molecule has 2 rings (SSSR count). The van der Waals surface area contributed by atoms with Crippen molar-refractivity contribution in [2.24, 2.45) is 0 Å². The van der Waals surface area contributed by atoms with Gasteiger partial charge in [0.05, 0.1) is 0 Å². The van der Waals surface area contributed by atoms with Crippen LogP contribution in [0.25, 0.3) is 0 Å². The Hall–Kier alpha value is -1.58. The highest BCUT2D eigenvalue weighted by Crippen LogP contribution is 2.12. The van der Waals surface area contributed by atoms with Crippen LogP contribution in [0, 0.1) is 0 Å². The first-order valence-corrected chi connectivity index (χ1v) is 3.85. The lowest BCUT2D eigenvalue weighted by molar-refractivity contribution is 0.918. The highest BCUT2D eigenvalue weighted by Gasteiger charge is 2.08. The largest absolute Gasteiger partial charge is 0.382 e. The van der Waals surface area contributed by atoms with Crippen LogP contribution in [0.5, 0.6) is 0 Å². The van der Waals surface area contributed by atoms with Crippen LogP contribution < -0.4 is 10.6 Å². The molecule has 2 N–H and O–H groups in total. The molecular formula is C8H10N4. The number of hydrogen-bond donors (Lipinski definition) is 1. The van der Waals surface area contributed by atoms with E-state index in [4.69, 9.17) is 5.73 Å². The van der Waals surface area contributed by atoms with Crippen LogP contribution in [0.1, 0.15) is 0 Å². The minimum atomic E-state index is 0.464. The summed E-state index contributed by atoms with van der Waals surface area (Å²) in [4.78, 5) is 2.12. The molecule has 0 unspecified atom stereocenters. The Morgan fingerprint density at radius 1 is 1.17 bits per heavy atom. The smallest absolute Gasteiger partial charge is 0.151 e. The van der Waals surface area contributed by atoms with Gasteiger partial charge in [0.15, 0.2) is 5.82 Å². The Morgan fingerprint density at radius 3 is 2.50 bits per heavy atom. The predicted octanol–water partition coefficient (Wildman–Crippen LogP) is 0.435. The molecule has 2 heterocycles. The Morgan fingerprint density at radius 2 is 1.92 bits per heavy atom. The fraction of sp³-hybridized carbons (Fsp3) is 0.250. The van der Waals surface area contributed by atoms with Gasteiger partial charge in [0.1, 0.15) is 5.82 Å². The molecule has 0 aliphatic carbocycles. The maximum atomic E-state index is 5.42. The maximum absolute atomic E-state index is 5.42. The predicted molar refractivity (Wildman–Crippen MR) is 47.8 cm³/mol. The van der Waals surface area contributed by atoms with E-state index >= 15 is 0 Å². The van der Waals surface area contributed by atoms with Crippen molar-refractivity contribution >= 4 is 11.6 Å². The van der Waals surface area contributed by atoms with Crippen LogP contribution in [-0.4, -0.2) is 23.3 Å². The number of rotatable bonds is 1. The average Bonchev–Trinajstić information content (AvgIpc) is 2.58. The van der Waals surface area contributed by atoms with Gasteiger partial charge in [-0.1, -0.05) is 12.2 Å². The molecule has 0 fully saturated rings. The summed E-state index contributed by atoms with van der Waals surface area (Å²) in [5, 5.41) is 7.75. The number of anilines is 2. The number of aromatic nitrogens is 2. The third-order valence-electron chi connectivity index (χ3n) is 1.81. The highest BCUT2D eigenvalue weighted by molar-refractivity contribution is 5.44. The summed E-state index contributed by atoms with van der Waals surface area (Å²) in [5.74, 6) is 1.35. The molecule has 0 amide bonds. The van der Waals surface area contributed by atoms with Crippen LogP contribution in [0.4, 0.5) is 11.6 Å². The maximum Gasteiger partial charge on any atom is 0.151 e. The monoisotopic (exact) mass is 162 g/mol. The Balaban J connectivity index is 2.18. The van der Waals surface area contributed by atoms with Gasteiger partial charge in [0.25, 0.3) is 0 Å². The van der Waals surface area contributed by atoms with Crippen LogP contribution in [0.15, 0.2) is 24.3 Å². The lowest BCUT2D eigenvalue weighted by Gasteiger charge is -2.14. The normalized spacial score (nSPS) is 15.5. The van der Waals surface area contributed by atoms with Gasteiger partial charge in [0, 0.05) is 13.1 Å². The van der Waals surface area contributed by atoms with E-state index in [0.717, 1.165) is 18.9 Å². The molecule has 1 aromatic rings. The van der Waals surface area contributed by atoms with E-state index in [2.05, 4.69) is 27.2 Å². The third kappa shape index (κ3) is 1.23. The van der Waals surface area contributed by atoms with Crippen molar-refractivity contribution in [1.29, 1.82) is 0 Å². The Bertz CT molecular complexity index is 282. The van der Waals surface area contributed by atoms with E-state index in [0.29, 0.717) is 5.82 Å². The summed E-state index contributed by atoms with van der Waals surface area (Å²) in [6.07, 6.45) is 4.22. The minimum absolute atomic E-state index is 0.464. The first-order valence-electron chi connectivity index (χ1n) is 3.85. The van der Waals surface area contributed by atoms with Crippen LogP contribution in [0.3, 0.4) is 0 Å². The quantitative estimate of drug-likeness (QED) is 0.608. The molecule has 0 atom stereocenters. The molecule has 4 nitrogen and oxygen atoms in total. The standard InChI is InChI=1S/C8H10N4/c9-7-3-4-8(11-10-7)12-5-1-2-6-12/h1-4H,5-6H2,(H2,9,10). The van der Waals surface area contributed by atoms with Gasteiger partial charge in [-0.2, -0.15) is 0 Å². The van der Waals surface area contributed by atoms with Crippen molar-refractivity contribution < 1.29 is 0 Å². The Kier molecular flexibility index (Phi) is 1.66. The fourth-order valence-corrected chi connectivity index (χ4v) is 1.17. The van der Waals surface area contributed by atoms with Gasteiger partial charge >= 0.3 is 0 Å². The van der Waals surface area contributed by atoms with Gasteiger partial charge in [-0.05, 0) is 12.1 Å². The number of nitrogens with two attached hydrogens (primary N) is 1. The minimum Gasteiger partial charge on any atom is -0.382 e. The van der Waals surface area contributed by atoms with E-state index in [-0.39, 0.29) is 0 Å². The first kappa shape index (κ1) is 7.09. The van der Waals surface area contributed by atoms with Crippen LogP contribution in [-0.2, 0) is 0 Å². The van der Waals surface area contributed by atoms with E-state index in [1.807, 2.05) is 6.07 Å². The molecule has 4 heteroatoms. The molecule has 62 valence electrons. The van der Waals surface area contributed by atoms with Crippen molar-refractivity contribution in [2.45, 2.75) is 0 Å². The lowest BCUT2D eigenvalue weighted by atomic mass is 10.4. The molecule has 1 aromatic heterocycles. The van der Waals surface area contributed by atoms with Gasteiger partial charge in [-0.25, -0.2) is 0 Å². The van der Waals surface area contributed by atoms with Gasteiger partial charge in [-0.15, -0.1) is 10.2 Å².